The number of halogens is 1. The van der Waals surface area contributed by atoms with Gasteiger partial charge in [-0.1, -0.05) is 93.1 Å². The molecule has 0 saturated carbocycles. The third kappa shape index (κ3) is 12.8. The van der Waals surface area contributed by atoms with Crippen LogP contribution in [-0.4, -0.2) is 11.6 Å². The molecular formula is C30H39ClN2O. The summed E-state index contributed by atoms with van der Waals surface area (Å²) in [6, 6.07) is 15.0. The molecule has 0 aliphatic heterocycles. The van der Waals surface area contributed by atoms with Crippen molar-refractivity contribution >= 4 is 34.9 Å². The summed E-state index contributed by atoms with van der Waals surface area (Å²) < 4.78 is 0. The number of allylic oxidation sites excluding steroid dienone is 5. The van der Waals surface area contributed by atoms with Crippen molar-refractivity contribution in [1.82, 2.24) is 0 Å². The molecule has 0 saturated heterocycles. The van der Waals surface area contributed by atoms with E-state index in [9.17, 15) is 4.79 Å². The van der Waals surface area contributed by atoms with Crippen LogP contribution in [0.2, 0.25) is 5.02 Å². The molecule has 2 aromatic rings. The molecule has 0 aliphatic rings. The van der Waals surface area contributed by atoms with Crippen molar-refractivity contribution in [2.75, 3.05) is 0 Å². The van der Waals surface area contributed by atoms with Crippen LogP contribution in [0, 0.1) is 11.3 Å². The van der Waals surface area contributed by atoms with Gasteiger partial charge in [-0.3, -0.25) is 4.79 Å². The van der Waals surface area contributed by atoms with E-state index >= 15 is 0 Å². The van der Waals surface area contributed by atoms with E-state index in [-0.39, 0.29) is 0 Å². The molecule has 2 rings (SSSR count). The molecule has 34 heavy (non-hydrogen) atoms. The number of carbonyl (C=O) groups is 1. The summed E-state index contributed by atoms with van der Waals surface area (Å²) in [5.41, 5.74) is 9.39. The van der Waals surface area contributed by atoms with E-state index in [1.165, 1.54) is 0 Å². The largest absolute Gasteiger partial charge is 0.366 e. The number of carbonyl (C=O) groups excluding carboxylic acids is 1. The van der Waals surface area contributed by atoms with E-state index in [4.69, 9.17) is 22.7 Å². The molecule has 2 aromatic carbocycles. The monoisotopic (exact) mass is 478 g/mol. The lowest BCUT2D eigenvalue weighted by molar-refractivity contribution is -0.112. The van der Waals surface area contributed by atoms with Gasteiger partial charge in [0.1, 0.15) is 0 Å². The lowest BCUT2D eigenvalue weighted by Gasteiger charge is -2.07. The number of hydrogen-bond donors (Lipinski definition) is 2. The second-order valence-corrected chi connectivity index (χ2v) is 7.78. The fourth-order valence-electron chi connectivity index (χ4n) is 2.87. The normalized spacial score (nSPS) is 11.8. The molecule has 0 heterocycles. The van der Waals surface area contributed by atoms with E-state index < -0.39 is 5.91 Å². The van der Waals surface area contributed by atoms with Crippen LogP contribution in [0.4, 0.5) is 0 Å². The molecule has 3 nitrogen and oxygen atoms in total. The first kappa shape index (κ1) is 30.8. The van der Waals surface area contributed by atoms with Gasteiger partial charge in [-0.2, -0.15) is 0 Å². The van der Waals surface area contributed by atoms with Gasteiger partial charge in [0.25, 0.3) is 0 Å². The minimum Gasteiger partial charge on any atom is -0.366 e. The number of benzene rings is 2. The van der Waals surface area contributed by atoms with Crippen LogP contribution in [-0.2, 0) is 11.2 Å². The first-order valence-corrected chi connectivity index (χ1v) is 12.0. The Bertz CT molecular complexity index is 968. The topological polar surface area (TPSA) is 66.9 Å². The number of aryl methyl sites for hydroxylation is 1. The first-order chi connectivity index (χ1) is 16.3. The van der Waals surface area contributed by atoms with Gasteiger partial charge in [0.15, 0.2) is 0 Å². The van der Waals surface area contributed by atoms with Crippen LogP contribution >= 0.6 is 11.6 Å². The van der Waals surface area contributed by atoms with E-state index in [2.05, 4.69) is 19.6 Å². The number of amides is 1. The van der Waals surface area contributed by atoms with E-state index in [0.29, 0.717) is 28.6 Å². The van der Waals surface area contributed by atoms with Crippen molar-refractivity contribution in [2.45, 2.75) is 47.5 Å². The van der Waals surface area contributed by atoms with Gasteiger partial charge >= 0.3 is 0 Å². The van der Waals surface area contributed by atoms with Crippen molar-refractivity contribution in [3.63, 3.8) is 0 Å². The second kappa shape index (κ2) is 18.3. The highest BCUT2D eigenvalue weighted by Gasteiger charge is 2.09. The predicted molar refractivity (Wildman–Crippen MR) is 151 cm³/mol. The molecule has 0 spiro atoms. The molecule has 3 N–H and O–H groups in total. The summed E-state index contributed by atoms with van der Waals surface area (Å²) in [4.78, 5) is 11.9. The highest BCUT2D eigenvalue weighted by molar-refractivity contribution is 6.30. The molecule has 0 radical (unpaired) electrons. The number of rotatable bonds is 9. The van der Waals surface area contributed by atoms with E-state index in [1.54, 1.807) is 24.3 Å². The van der Waals surface area contributed by atoms with Crippen molar-refractivity contribution in [1.29, 1.82) is 5.41 Å². The van der Waals surface area contributed by atoms with Gasteiger partial charge in [0.05, 0.1) is 0 Å². The molecule has 0 aliphatic carbocycles. The van der Waals surface area contributed by atoms with Crippen molar-refractivity contribution in [3.8, 4) is 0 Å². The molecule has 0 aromatic heterocycles. The zero-order valence-electron chi connectivity index (χ0n) is 21.1. The summed E-state index contributed by atoms with van der Waals surface area (Å²) in [6.07, 6.45) is 13.0. The Hall–Kier alpha value is -3.17. The van der Waals surface area contributed by atoms with Gasteiger partial charge in [-0.05, 0) is 73.6 Å². The van der Waals surface area contributed by atoms with Crippen LogP contribution in [0.15, 0.2) is 85.5 Å². The molecule has 0 bridgehead atoms. The zero-order valence-corrected chi connectivity index (χ0v) is 21.9. The molecule has 182 valence electrons. The SMILES string of the molecule is C/C=C\C(C)/C=C\C(=N)CCc1ccc(/C(=C\c2ccc(Cl)cc2)C(N)=O)cc1.C=CC.CC. The average molecular weight is 479 g/mol. The Labute approximate surface area is 211 Å². The Balaban J connectivity index is 0.00000201. The fraction of sp³-hybridized carbons (Fsp3) is 0.267. The fourth-order valence-corrected chi connectivity index (χ4v) is 3.00. The van der Waals surface area contributed by atoms with E-state index in [1.807, 2.05) is 82.3 Å². The third-order valence-electron chi connectivity index (χ3n) is 4.49. The lowest BCUT2D eigenvalue weighted by Crippen LogP contribution is -2.12. The van der Waals surface area contributed by atoms with Crippen LogP contribution in [0.5, 0.6) is 0 Å². The quantitative estimate of drug-likeness (QED) is 0.162. The molecule has 0 fully saturated rings. The van der Waals surface area contributed by atoms with Crippen molar-refractivity contribution < 1.29 is 4.79 Å². The molecule has 4 heteroatoms. The number of primary amides is 1. The predicted octanol–water partition coefficient (Wildman–Crippen LogP) is 8.31. The smallest absolute Gasteiger partial charge is 0.249 e. The molecule has 1 unspecified atom stereocenters. The Morgan fingerprint density at radius 2 is 1.62 bits per heavy atom. The number of nitrogens with two attached hydrogens (primary N) is 1. The minimum atomic E-state index is -0.477. The summed E-state index contributed by atoms with van der Waals surface area (Å²) >= 11 is 5.91. The maximum Gasteiger partial charge on any atom is 0.249 e. The first-order valence-electron chi connectivity index (χ1n) is 11.6. The standard InChI is InChI=1S/C25H27ClN2O.C3H6.C2H6/c1-3-4-18(2)5-15-23(27)16-10-19-6-11-21(12-7-19)24(25(28)29)17-20-8-13-22(26)14-9-20;1-3-2;1-2/h3-9,11-15,17-18,27H,10,16H2,1-2H3,(H2,28,29);3H,1H2,2H3;1-2H3/b4-3-,15-5-,24-17+,27-23?;;. The molecule has 1 atom stereocenters. The minimum absolute atomic E-state index is 0.333. The van der Waals surface area contributed by atoms with Gasteiger partial charge in [-0.15, -0.1) is 6.58 Å². The summed E-state index contributed by atoms with van der Waals surface area (Å²) in [5.74, 6) is -0.144. The lowest BCUT2D eigenvalue weighted by atomic mass is 9.99. The van der Waals surface area contributed by atoms with Crippen LogP contribution < -0.4 is 5.73 Å². The highest BCUT2D eigenvalue weighted by atomic mass is 35.5. The van der Waals surface area contributed by atoms with Gasteiger partial charge < -0.3 is 11.1 Å². The Morgan fingerprint density at radius 3 is 2.12 bits per heavy atom. The molecule has 1 amide bonds. The summed E-state index contributed by atoms with van der Waals surface area (Å²) in [7, 11) is 0. The maximum atomic E-state index is 11.9. The summed E-state index contributed by atoms with van der Waals surface area (Å²) in [5, 5.41) is 8.72. The molecular weight excluding hydrogens is 440 g/mol. The van der Waals surface area contributed by atoms with Gasteiger partial charge in [0.2, 0.25) is 5.91 Å². The van der Waals surface area contributed by atoms with Crippen molar-refractivity contribution in [3.05, 3.63) is 107 Å². The van der Waals surface area contributed by atoms with Crippen LogP contribution in [0.25, 0.3) is 11.6 Å². The number of nitrogens with one attached hydrogen (secondary N) is 1. The van der Waals surface area contributed by atoms with E-state index in [0.717, 1.165) is 23.1 Å². The van der Waals surface area contributed by atoms with Gasteiger partial charge in [-0.25, -0.2) is 0 Å². The zero-order chi connectivity index (χ0) is 25.9. The van der Waals surface area contributed by atoms with Crippen LogP contribution in [0.3, 0.4) is 0 Å². The Kier molecular flexibility index (Phi) is 16.6. The van der Waals surface area contributed by atoms with Gasteiger partial charge in [0, 0.05) is 16.3 Å². The summed E-state index contributed by atoms with van der Waals surface area (Å²) in [6.45, 7) is 13.3. The van der Waals surface area contributed by atoms with Crippen LogP contribution in [0.1, 0.15) is 57.7 Å². The maximum absolute atomic E-state index is 11.9. The second-order valence-electron chi connectivity index (χ2n) is 7.35. The highest BCUT2D eigenvalue weighted by Crippen LogP contribution is 2.20. The Morgan fingerprint density at radius 1 is 1.06 bits per heavy atom. The number of hydrogen-bond acceptors (Lipinski definition) is 2. The van der Waals surface area contributed by atoms with Crippen molar-refractivity contribution in [2.24, 2.45) is 11.7 Å². The third-order valence-corrected chi connectivity index (χ3v) is 4.74. The average Bonchev–Trinajstić information content (AvgIpc) is 2.83.